The molecule has 4 atom stereocenters. The van der Waals surface area contributed by atoms with Gasteiger partial charge in [0.15, 0.2) is 0 Å². The number of nitrogens with zero attached hydrogens (tertiary/aromatic N) is 4. The third-order valence-corrected chi connectivity index (χ3v) is 11.9. The molecule has 0 bridgehead atoms. The number of nitrogens with one attached hydrogen (secondary N) is 1. The number of carbonyl (C=O) groups excluding carboxylic acids is 4. The molecule has 9 heteroatoms. The fourth-order valence-electron chi connectivity index (χ4n) is 9.07. The maximum Gasteiger partial charge on any atom is 0.312 e. The normalized spacial score (nSPS) is 24.0. The smallest absolute Gasteiger partial charge is 0.312 e. The Hall–Kier alpha value is -4.50. The van der Waals surface area contributed by atoms with Gasteiger partial charge in [-0.15, -0.1) is 0 Å². The summed E-state index contributed by atoms with van der Waals surface area (Å²) in [5.74, 6) is -1.36. The first kappa shape index (κ1) is 35.9. The second-order valence-corrected chi connectivity index (χ2v) is 15.4. The molecule has 9 nitrogen and oxygen atoms in total. The maximum absolute atomic E-state index is 14.3. The minimum absolute atomic E-state index is 0.0462. The van der Waals surface area contributed by atoms with Crippen molar-refractivity contribution in [2.24, 2.45) is 5.92 Å². The lowest BCUT2D eigenvalue weighted by atomic mass is 9.87. The summed E-state index contributed by atoms with van der Waals surface area (Å²) in [5, 5.41) is 2.81. The van der Waals surface area contributed by atoms with Crippen molar-refractivity contribution in [1.82, 2.24) is 24.9 Å². The molecule has 4 fully saturated rings. The molecule has 3 aliphatic heterocycles. The summed E-state index contributed by atoms with van der Waals surface area (Å²) >= 11 is 0. The van der Waals surface area contributed by atoms with Crippen LogP contribution in [-0.2, 0) is 38.4 Å². The van der Waals surface area contributed by atoms with E-state index in [1.165, 1.54) is 24.8 Å². The van der Waals surface area contributed by atoms with Gasteiger partial charge in [0.2, 0.25) is 0 Å². The summed E-state index contributed by atoms with van der Waals surface area (Å²) in [6.07, 6.45) is 9.72. The number of benzene rings is 3. The van der Waals surface area contributed by atoms with E-state index in [1.54, 1.807) is 4.90 Å². The van der Waals surface area contributed by atoms with Crippen LogP contribution in [0.3, 0.4) is 0 Å². The SMILES string of the molecule is O=C1NC[C@H](Cc2ccccc2)N(C[C@@H]2CCCN2C[C@H](Cc2ccccc2)N2C[C@H](Cc3ccccc3)N(CC3CCCCC3)C(=O)C2=O)C1=O. The van der Waals surface area contributed by atoms with E-state index < -0.39 is 17.7 Å². The van der Waals surface area contributed by atoms with E-state index in [0.29, 0.717) is 57.9 Å². The Kier molecular flexibility index (Phi) is 11.7. The van der Waals surface area contributed by atoms with Crippen molar-refractivity contribution in [2.75, 3.05) is 39.3 Å². The Morgan fingerprint density at radius 2 is 1.19 bits per heavy atom. The minimum Gasteiger partial charge on any atom is -0.346 e. The lowest BCUT2D eigenvalue weighted by Gasteiger charge is -2.46. The van der Waals surface area contributed by atoms with E-state index >= 15 is 0 Å². The average Bonchev–Trinajstić information content (AvgIpc) is 3.62. The van der Waals surface area contributed by atoms with Gasteiger partial charge in [0.1, 0.15) is 0 Å². The van der Waals surface area contributed by atoms with Crippen LogP contribution in [0.25, 0.3) is 0 Å². The Balaban J connectivity index is 1.13. The van der Waals surface area contributed by atoms with Crippen molar-refractivity contribution in [2.45, 2.75) is 88.4 Å². The van der Waals surface area contributed by atoms with E-state index in [0.717, 1.165) is 43.4 Å². The number of likely N-dealkylation sites (tertiary alicyclic amines) is 1. The lowest BCUT2D eigenvalue weighted by molar-refractivity contribution is -0.162. The van der Waals surface area contributed by atoms with Gasteiger partial charge in [-0.3, -0.25) is 24.1 Å². The first-order valence-corrected chi connectivity index (χ1v) is 19.5. The Labute approximate surface area is 308 Å². The molecule has 1 aliphatic carbocycles. The molecule has 4 amide bonds. The molecule has 4 aliphatic rings. The number of hydrogen-bond donors (Lipinski definition) is 1. The summed E-state index contributed by atoms with van der Waals surface area (Å²) in [6.45, 7) is 3.45. The van der Waals surface area contributed by atoms with Crippen LogP contribution < -0.4 is 5.32 Å². The highest BCUT2D eigenvalue weighted by Gasteiger charge is 2.44. The third-order valence-electron chi connectivity index (χ3n) is 11.9. The van der Waals surface area contributed by atoms with Crippen LogP contribution in [0.15, 0.2) is 91.0 Å². The zero-order valence-electron chi connectivity index (χ0n) is 30.3. The van der Waals surface area contributed by atoms with Crippen molar-refractivity contribution in [3.8, 4) is 0 Å². The Morgan fingerprint density at radius 3 is 1.85 bits per heavy atom. The molecule has 52 heavy (non-hydrogen) atoms. The summed E-state index contributed by atoms with van der Waals surface area (Å²) < 4.78 is 0. The monoisotopic (exact) mass is 703 g/mol. The van der Waals surface area contributed by atoms with E-state index in [2.05, 4.69) is 46.6 Å². The zero-order valence-corrected chi connectivity index (χ0v) is 30.3. The molecule has 0 aromatic heterocycles. The second kappa shape index (κ2) is 16.9. The first-order valence-electron chi connectivity index (χ1n) is 19.5. The third kappa shape index (κ3) is 8.58. The van der Waals surface area contributed by atoms with Gasteiger partial charge in [0, 0.05) is 44.8 Å². The van der Waals surface area contributed by atoms with E-state index in [1.807, 2.05) is 64.4 Å². The van der Waals surface area contributed by atoms with Crippen molar-refractivity contribution < 1.29 is 19.2 Å². The standard InChI is InChI=1S/C43H53N5O4/c49-40-41(50)47(37(27-44-40)24-32-14-5-1-6-15-32)30-36-22-13-23-45(36)29-38(25-33-16-7-2-8-17-33)48-31-39(26-34-18-9-3-10-19-34)46(42(51)43(48)52)28-35-20-11-4-12-21-35/h1-3,5-10,14-19,35-39H,4,11-13,20-31H2,(H,44,49)/t36-,37-,38-,39-/m0/s1. The molecule has 7 rings (SSSR count). The highest BCUT2D eigenvalue weighted by atomic mass is 16.2. The number of amides is 4. The van der Waals surface area contributed by atoms with Gasteiger partial charge >= 0.3 is 23.6 Å². The number of hydrogen-bond acceptors (Lipinski definition) is 5. The quantitative estimate of drug-likeness (QED) is 0.265. The average molecular weight is 704 g/mol. The van der Waals surface area contributed by atoms with Crippen LogP contribution in [0.5, 0.6) is 0 Å². The van der Waals surface area contributed by atoms with Gasteiger partial charge in [-0.05, 0) is 74.1 Å². The molecular formula is C43H53N5O4. The summed E-state index contributed by atoms with van der Waals surface area (Å²) in [5.41, 5.74) is 3.42. The number of carbonyl (C=O) groups is 4. The topological polar surface area (TPSA) is 93.3 Å². The molecule has 3 heterocycles. The van der Waals surface area contributed by atoms with E-state index in [4.69, 9.17) is 0 Å². The van der Waals surface area contributed by atoms with Crippen LogP contribution in [-0.4, -0.2) is 107 Å². The number of piperazine rings is 2. The Morgan fingerprint density at radius 1 is 0.596 bits per heavy atom. The van der Waals surface area contributed by atoms with Crippen molar-refractivity contribution in [1.29, 1.82) is 0 Å². The Bertz CT molecular complexity index is 1660. The predicted molar refractivity (Wildman–Crippen MR) is 201 cm³/mol. The molecule has 0 radical (unpaired) electrons. The van der Waals surface area contributed by atoms with Crippen molar-refractivity contribution in [3.63, 3.8) is 0 Å². The largest absolute Gasteiger partial charge is 0.346 e. The molecule has 3 saturated heterocycles. The molecule has 0 spiro atoms. The molecule has 3 aromatic carbocycles. The molecule has 1 N–H and O–H groups in total. The zero-order chi connectivity index (χ0) is 35.9. The van der Waals surface area contributed by atoms with Crippen molar-refractivity contribution >= 4 is 23.6 Å². The summed E-state index contributed by atoms with van der Waals surface area (Å²) in [4.78, 5) is 62.5. The lowest BCUT2D eigenvalue weighted by Crippen LogP contribution is -2.65. The van der Waals surface area contributed by atoms with Crippen molar-refractivity contribution in [3.05, 3.63) is 108 Å². The van der Waals surface area contributed by atoms with Crippen LogP contribution >= 0.6 is 0 Å². The van der Waals surface area contributed by atoms with Gasteiger partial charge in [0.05, 0.1) is 12.1 Å². The second-order valence-electron chi connectivity index (χ2n) is 15.4. The van der Waals surface area contributed by atoms with E-state index in [-0.39, 0.29) is 30.1 Å². The van der Waals surface area contributed by atoms with Gasteiger partial charge in [0.25, 0.3) is 0 Å². The molecule has 274 valence electrons. The summed E-state index contributed by atoms with van der Waals surface area (Å²) in [6, 6.07) is 30.3. The van der Waals surface area contributed by atoms with Crippen LogP contribution in [0, 0.1) is 5.92 Å². The van der Waals surface area contributed by atoms with Crippen LogP contribution in [0.2, 0.25) is 0 Å². The maximum atomic E-state index is 14.3. The first-order chi connectivity index (χ1) is 25.4. The fourth-order valence-corrected chi connectivity index (χ4v) is 9.07. The fraction of sp³-hybridized carbons (Fsp3) is 0.488. The molecule has 1 saturated carbocycles. The molecular weight excluding hydrogens is 651 g/mol. The highest BCUT2D eigenvalue weighted by Crippen LogP contribution is 2.30. The molecule has 3 aromatic rings. The highest BCUT2D eigenvalue weighted by molar-refractivity contribution is 6.36. The van der Waals surface area contributed by atoms with Crippen LogP contribution in [0.1, 0.15) is 61.6 Å². The predicted octanol–water partition coefficient (Wildman–Crippen LogP) is 4.49. The van der Waals surface area contributed by atoms with Gasteiger partial charge in [-0.2, -0.15) is 0 Å². The van der Waals surface area contributed by atoms with Crippen LogP contribution in [0.4, 0.5) is 0 Å². The summed E-state index contributed by atoms with van der Waals surface area (Å²) in [7, 11) is 0. The number of rotatable bonds is 13. The van der Waals surface area contributed by atoms with Gasteiger partial charge < -0.3 is 20.0 Å². The molecule has 0 unspecified atom stereocenters. The van der Waals surface area contributed by atoms with Gasteiger partial charge in [-0.1, -0.05) is 110 Å². The minimum atomic E-state index is -0.546. The van der Waals surface area contributed by atoms with E-state index in [9.17, 15) is 19.2 Å². The van der Waals surface area contributed by atoms with Gasteiger partial charge in [-0.25, -0.2) is 0 Å².